The van der Waals surface area contributed by atoms with E-state index in [1.807, 2.05) is 20.8 Å². The number of ether oxygens (including phenoxy) is 2. The van der Waals surface area contributed by atoms with Crippen LogP contribution in [0.15, 0.2) is 0 Å². The van der Waals surface area contributed by atoms with E-state index < -0.39 is 0 Å². The minimum Gasteiger partial charge on any atom is -0.462 e. The monoisotopic (exact) mass is 216 g/mol. The summed E-state index contributed by atoms with van der Waals surface area (Å²) in [5.41, 5.74) is -0.0292. The van der Waals surface area contributed by atoms with Gasteiger partial charge in [-0.3, -0.25) is 9.59 Å². The van der Waals surface area contributed by atoms with Crippen molar-refractivity contribution in [3.8, 4) is 0 Å². The van der Waals surface area contributed by atoms with Crippen LogP contribution in [0.5, 0.6) is 0 Å². The first kappa shape index (κ1) is 13.9. The van der Waals surface area contributed by atoms with Crippen molar-refractivity contribution in [2.75, 3.05) is 13.2 Å². The van der Waals surface area contributed by atoms with Crippen LogP contribution in [0.2, 0.25) is 0 Å². The van der Waals surface area contributed by atoms with Crippen LogP contribution in [-0.4, -0.2) is 25.2 Å². The van der Waals surface area contributed by atoms with Gasteiger partial charge < -0.3 is 9.47 Å². The molecule has 0 saturated carbocycles. The third kappa shape index (κ3) is 7.97. The molecule has 0 rings (SSSR count). The molecule has 0 aromatic rings. The molecule has 0 fully saturated rings. The fraction of sp³-hybridized carbons (Fsp3) is 0.818. The average Bonchev–Trinajstić information content (AvgIpc) is 2.11. The van der Waals surface area contributed by atoms with Gasteiger partial charge >= 0.3 is 11.9 Å². The lowest BCUT2D eigenvalue weighted by Gasteiger charge is -2.20. The Balaban J connectivity index is 3.62. The molecule has 0 aliphatic heterocycles. The Morgan fingerprint density at radius 1 is 1.13 bits per heavy atom. The zero-order valence-corrected chi connectivity index (χ0v) is 9.96. The molecule has 0 spiro atoms. The van der Waals surface area contributed by atoms with Crippen LogP contribution in [0.25, 0.3) is 0 Å². The number of carbonyl (C=O) groups is 2. The minimum absolute atomic E-state index is 0.0292. The van der Waals surface area contributed by atoms with Crippen molar-refractivity contribution < 1.29 is 19.1 Å². The van der Waals surface area contributed by atoms with E-state index in [0.717, 1.165) is 6.42 Å². The van der Waals surface area contributed by atoms with Crippen LogP contribution >= 0.6 is 0 Å². The number of rotatable bonds is 6. The highest BCUT2D eigenvalue weighted by atomic mass is 16.6. The Morgan fingerprint density at radius 2 is 1.67 bits per heavy atom. The van der Waals surface area contributed by atoms with E-state index in [-0.39, 0.29) is 30.6 Å². The molecule has 0 bridgehead atoms. The van der Waals surface area contributed by atoms with Crippen molar-refractivity contribution in [1.29, 1.82) is 0 Å². The first-order valence-corrected chi connectivity index (χ1v) is 5.16. The second kappa shape index (κ2) is 6.43. The molecule has 0 heterocycles. The summed E-state index contributed by atoms with van der Waals surface area (Å²) >= 11 is 0. The van der Waals surface area contributed by atoms with Gasteiger partial charge in [-0.1, -0.05) is 27.2 Å². The van der Waals surface area contributed by atoms with Gasteiger partial charge in [0.25, 0.3) is 0 Å². The van der Waals surface area contributed by atoms with Crippen molar-refractivity contribution in [2.45, 2.75) is 40.5 Å². The van der Waals surface area contributed by atoms with Gasteiger partial charge in [0.05, 0.1) is 6.42 Å². The quantitative estimate of drug-likeness (QED) is 0.503. The fourth-order valence-electron chi connectivity index (χ4n) is 0.908. The van der Waals surface area contributed by atoms with Crippen molar-refractivity contribution >= 4 is 11.9 Å². The summed E-state index contributed by atoms with van der Waals surface area (Å²) in [5.74, 6) is -0.603. The topological polar surface area (TPSA) is 52.6 Å². The predicted octanol–water partition coefficient (Wildman–Crippen LogP) is 1.92. The molecule has 0 radical (unpaired) electrons. The average molecular weight is 216 g/mol. The van der Waals surface area contributed by atoms with E-state index in [1.54, 1.807) is 0 Å². The van der Waals surface area contributed by atoms with Gasteiger partial charge in [0.1, 0.15) is 13.2 Å². The fourth-order valence-corrected chi connectivity index (χ4v) is 0.908. The van der Waals surface area contributed by atoms with E-state index >= 15 is 0 Å². The van der Waals surface area contributed by atoms with Gasteiger partial charge in [0.15, 0.2) is 0 Å². The van der Waals surface area contributed by atoms with E-state index in [0.29, 0.717) is 6.42 Å². The van der Waals surface area contributed by atoms with Crippen LogP contribution in [-0.2, 0) is 19.1 Å². The first-order valence-electron chi connectivity index (χ1n) is 5.16. The molecule has 4 heteroatoms. The molecule has 0 N–H and O–H groups in total. The minimum atomic E-state index is -0.361. The Hall–Kier alpha value is -1.06. The van der Waals surface area contributed by atoms with E-state index in [1.165, 1.54) is 6.92 Å². The lowest BCUT2D eigenvalue weighted by molar-refractivity contribution is -0.152. The van der Waals surface area contributed by atoms with E-state index in [4.69, 9.17) is 4.74 Å². The molecular formula is C11H20O4. The molecule has 0 amide bonds. The lowest BCUT2D eigenvalue weighted by atomic mass is 9.87. The number of esters is 2. The van der Waals surface area contributed by atoms with Gasteiger partial charge in [-0.05, 0) is 5.41 Å². The van der Waals surface area contributed by atoms with Gasteiger partial charge in [0.2, 0.25) is 0 Å². The SMILES string of the molecule is CCC(C)(C)CC(=O)OCCOC(C)=O. The molecule has 4 nitrogen and oxygen atoms in total. The van der Waals surface area contributed by atoms with E-state index in [9.17, 15) is 9.59 Å². The normalized spacial score (nSPS) is 10.9. The Kier molecular flexibility index (Phi) is 5.97. The maximum Gasteiger partial charge on any atom is 0.306 e. The van der Waals surface area contributed by atoms with Gasteiger partial charge in [-0.25, -0.2) is 0 Å². The lowest BCUT2D eigenvalue weighted by Crippen LogP contribution is -2.19. The third-order valence-electron chi connectivity index (χ3n) is 2.23. The molecular weight excluding hydrogens is 196 g/mol. The Morgan fingerprint density at radius 3 is 2.13 bits per heavy atom. The second-order valence-corrected chi connectivity index (χ2v) is 4.26. The first-order chi connectivity index (χ1) is 6.87. The highest BCUT2D eigenvalue weighted by Gasteiger charge is 2.20. The highest BCUT2D eigenvalue weighted by molar-refractivity contribution is 5.70. The Labute approximate surface area is 90.9 Å². The van der Waals surface area contributed by atoms with Crippen molar-refractivity contribution in [1.82, 2.24) is 0 Å². The molecule has 0 atom stereocenters. The summed E-state index contributed by atoms with van der Waals surface area (Å²) in [6.45, 7) is 7.65. The molecule has 0 aromatic carbocycles. The van der Waals surface area contributed by atoms with Crippen LogP contribution in [0.1, 0.15) is 40.5 Å². The molecule has 0 unspecified atom stereocenters. The maximum absolute atomic E-state index is 11.3. The molecule has 0 aromatic heterocycles. The largest absolute Gasteiger partial charge is 0.462 e. The molecule has 0 aliphatic carbocycles. The summed E-state index contributed by atoms with van der Waals surface area (Å²) in [7, 11) is 0. The van der Waals surface area contributed by atoms with Crippen molar-refractivity contribution in [3.63, 3.8) is 0 Å². The van der Waals surface area contributed by atoms with Crippen molar-refractivity contribution in [3.05, 3.63) is 0 Å². The second-order valence-electron chi connectivity index (χ2n) is 4.26. The smallest absolute Gasteiger partial charge is 0.306 e. The molecule has 88 valence electrons. The third-order valence-corrected chi connectivity index (χ3v) is 2.23. The van der Waals surface area contributed by atoms with Crippen molar-refractivity contribution in [2.24, 2.45) is 5.41 Å². The van der Waals surface area contributed by atoms with Crippen LogP contribution < -0.4 is 0 Å². The van der Waals surface area contributed by atoms with Crippen LogP contribution in [0.3, 0.4) is 0 Å². The Bertz CT molecular complexity index is 221. The number of hydrogen-bond acceptors (Lipinski definition) is 4. The molecule has 0 saturated heterocycles. The summed E-state index contributed by atoms with van der Waals surface area (Å²) in [4.78, 5) is 21.7. The number of hydrogen-bond donors (Lipinski definition) is 0. The van der Waals surface area contributed by atoms with Crippen LogP contribution in [0, 0.1) is 5.41 Å². The van der Waals surface area contributed by atoms with E-state index in [2.05, 4.69) is 4.74 Å². The van der Waals surface area contributed by atoms with Gasteiger partial charge in [-0.2, -0.15) is 0 Å². The van der Waals surface area contributed by atoms with Gasteiger partial charge in [0, 0.05) is 6.92 Å². The molecule has 15 heavy (non-hydrogen) atoms. The zero-order valence-electron chi connectivity index (χ0n) is 9.96. The number of carbonyl (C=O) groups excluding carboxylic acids is 2. The zero-order chi connectivity index (χ0) is 11.9. The maximum atomic E-state index is 11.3. The predicted molar refractivity (Wildman–Crippen MR) is 56.3 cm³/mol. The summed E-state index contributed by atoms with van der Waals surface area (Å²) < 4.78 is 9.55. The highest BCUT2D eigenvalue weighted by Crippen LogP contribution is 2.24. The standard InChI is InChI=1S/C11H20O4/c1-5-11(3,4)8-10(13)15-7-6-14-9(2)12/h5-8H2,1-4H3. The molecule has 0 aliphatic rings. The van der Waals surface area contributed by atoms with Crippen LogP contribution in [0.4, 0.5) is 0 Å². The summed E-state index contributed by atoms with van der Waals surface area (Å²) in [5, 5.41) is 0. The summed E-state index contributed by atoms with van der Waals surface area (Å²) in [6.07, 6.45) is 1.32. The summed E-state index contributed by atoms with van der Waals surface area (Å²) in [6, 6.07) is 0. The van der Waals surface area contributed by atoms with Gasteiger partial charge in [-0.15, -0.1) is 0 Å².